The Morgan fingerprint density at radius 1 is 1.14 bits per heavy atom. The summed E-state index contributed by atoms with van der Waals surface area (Å²) in [7, 11) is 1.24. The molecule has 0 saturated carbocycles. The topological polar surface area (TPSA) is 102 Å². The number of nitro benzene ring substituents is 1. The van der Waals surface area contributed by atoms with Gasteiger partial charge in [0.2, 0.25) is 0 Å². The van der Waals surface area contributed by atoms with Crippen molar-refractivity contribution in [2.45, 2.75) is 18.9 Å². The fourth-order valence-corrected chi connectivity index (χ4v) is 3.29. The number of nitrogens with one attached hydrogen (secondary N) is 1. The minimum absolute atomic E-state index is 0.111. The van der Waals surface area contributed by atoms with Gasteiger partial charge in [-0.1, -0.05) is 30.3 Å². The highest BCUT2D eigenvalue weighted by Gasteiger charge is 2.27. The number of nitro groups is 1. The van der Waals surface area contributed by atoms with Gasteiger partial charge in [0, 0.05) is 24.7 Å². The smallest absolute Gasteiger partial charge is 0.333 e. The number of methoxy groups -OCH3 is 1. The van der Waals surface area contributed by atoms with Crippen LogP contribution in [0.3, 0.4) is 0 Å². The summed E-state index contributed by atoms with van der Waals surface area (Å²) in [6, 6.07) is 12.0. The minimum Gasteiger partial charge on any atom is -0.467 e. The van der Waals surface area contributed by atoms with Crippen molar-refractivity contribution in [1.82, 2.24) is 5.32 Å². The molecule has 0 spiro atoms. The van der Waals surface area contributed by atoms with Crippen LogP contribution in [0, 0.1) is 10.1 Å². The average molecular weight is 383 g/mol. The molecule has 1 saturated heterocycles. The Kier molecular flexibility index (Phi) is 5.88. The summed E-state index contributed by atoms with van der Waals surface area (Å²) in [5, 5.41) is 14.1. The lowest BCUT2D eigenvalue weighted by Gasteiger charge is -2.19. The molecule has 1 aliphatic heterocycles. The van der Waals surface area contributed by atoms with Crippen molar-refractivity contribution < 1.29 is 19.2 Å². The fourth-order valence-electron chi connectivity index (χ4n) is 3.29. The third-order valence-electron chi connectivity index (χ3n) is 4.73. The molecule has 0 aliphatic carbocycles. The molecule has 146 valence electrons. The molecule has 8 heteroatoms. The van der Waals surface area contributed by atoms with E-state index in [4.69, 9.17) is 4.74 Å². The summed E-state index contributed by atoms with van der Waals surface area (Å²) in [6.07, 6.45) is 1.97. The molecule has 2 aromatic rings. The van der Waals surface area contributed by atoms with Crippen molar-refractivity contribution in [3.05, 3.63) is 69.8 Å². The Hall–Kier alpha value is -3.42. The van der Waals surface area contributed by atoms with Crippen LogP contribution < -0.4 is 10.2 Å². The molecule has 2 aromatic carbocycles. The maximum Gasteiger partial charge on any atom is 0.333 e. The van der Waals surface area contributed by atoms with Gasteiger partial charge in [0.25, 0.3) is 11.6 Å². The summed E-state index contributed by atoms with van der Waals surface area (Å²) >= 11 is 0. The van der Waals surface area contributed by atoms with Crippen LogP contribution >= 0.6 is 0 Å². The summed E-state index contributed by atoms with van der Waals surface area (Å²) in [4.78, 5) is 37.8. The number of anilines is 1. The van der Waals surface area contributed by atoms with E-state index in [0.29, 0.717) is 11.3 Å². The van der Waals surface area contributed by atoms with Crippen LogP contribution in [-0.2, 0) is 9.53 Å². The SMILES string of the molecule is COC(=O)C(NC(=O)c1ccc(N2CCCC2)c([N+](=O)[O-])c1)c1ccccc1. The summed E-state index contributed by atoms with van der Waals surface area (Å²) in [5.74, 6) is -1.21. The van der Waals surface area contributed by atoms with Crippen molar-refractivity contribution in [1.29, 1.82) is 0 Å². The summed E-state index contributed by atoms with van der Waals surface area (Å²) < 4.78 is 4.78. The van der Waals surface area contributed by atoms with Crippen LogP contribution in [0.4, 0.5) is 11.4 Å². The van der Waals surface area contributed by atoms with Gasteiger partial charge in [0.1, 0.15) is 5.69 Å². The molecule has 0 bridgehead atoms. The molecular formula is C20H21N3O5. The number of hydrogen-bond donors (Lipinski definition) is 1. The number of rotatable bonds is 6. The molecule has 1 atom stereocenters. The zero-order valence-corrected chi connectivity index (χ0v) is 15.5. The molecule has 1 N–H and O–H groups in total. The van der Waals surface area contributed by atoms with Crippen molar-refractivity contribution in [3.63, 3.8) is 0 Å². The first-order chi connectivity index (χ1) is 13.5. The Morgan fingerprint density at radius 3 is 2.43 bits per heavy atom. The van der Waals surface area contributed by atoms with Gasteiger partial charge in [0.05, 0.1) is 12.0 Å². The van der Waals surface area contributed by atoms with Crippen LogP contribution in [0.2, 0.25) is 0 Å². The van der Waals surface area contributed by atoms with Gasteiger partial charge in [-0.2, -0.15) is 0 Å². The van der Waals surface area contributed by atoms with Crippen LogP contribution in [0.5, 0.6) is 0 Å². The van der Waals surface area contributed by atoms with E-state index < -0.39 is 22.8 Å². The van der Waals surface area contributed by atoms with Crippen LogP contribution in [-0.4, -0.2) is 37.0 Å². The molecular weight excluding hydrogens is 362 g/mol. The van der Waals surface area contributed by atoms with Crippen LogP contribution in [0.25, 0.3) is 0 Å². The molecule has 1 amide bonds. The highest BCUT2D eigenvalue weighted by atomic mass is 16.6. The van der Waals surface area contributed by atoms with E-state index in [9.17, 15) is 19.7 Å². The van der Waals surface area contributed by atoms with Gasteiger partial charge < -0.3 is 15.0 Å². The lowest BCUT2D eigenvalue weighted by Crippen LogP contribution is -2.34. The van der Waals surface area contributed by atoms with E-state index >= 15 is 0 Å². The second-order valence-electron chi connectivity index (χ2n) is 6.50. The third-order valence-corrected chi connectivity index (χ3v) is 4.73. The number of benzene rings is 2. The van der Waals surface area contributed by atoms with Gasteiger partial charge in [-0.3, -0.25) is 14.9 Å². The number of nitrogens with zero attached hydrogens (tertiary/aromatic N) is 2. The highest BCUT2D eigenvalue weighted by molar-refractivity contribution is 5.98. The summed E-state index contributed by atoms with van der Waals surface area (Å²) in [5.41, 5.74) is 1.06. The second kappa shape index (κ2) is 8.51. The average Bonchev–Trinajstić information content (AvgIpc) is 3.26. The van der Waals surface area contributed by atoms with E-state index in [1.165, 1.54) is 19.2 Å². The number of amides is 1. The van der Waals surface area contributed by atoms with Crippen molar-refractivity contribution in [2.24, 2.45) is 0 Å². The molecule has 1 heterocycles. The Balaban J connectivity index is 1.87. The quantitative estimate of drug-likeness (QED) is 0.468. The Morgan fingerprint density at radius 2 is 1.82 bits per heavy atom. The van der Waals surface area contributed by atoms with E-state index in [-0.39, 0.29) is 11.3 Å². The van der Waals surface area contributed by atoms with Crippen LogP contribution in [0.15, 0.2) is 48.5 Å². The van der Waals surface area contributed by atoms with Gasteiger partial charge >= 0.3 is 5.97 Å². The monoisotopic (exact) mass is 383 g/mol. The zero-order valence-electron chi connectivity index (χ0n) is 15.5. The molecule has 1 aliphatic rings. The lowest BCUT2D eigenvalue weighted by atomic mass is 10.1. The fraction of sp³-hybridized carbons (Fsp3) is 0.300. The zero-order chi connectivity index (χ0) is 20.1. The lowest BCUT2D eigenvalue weighted by molar-refractivity contribution is -0.384. The van der Waals surface area contributed by atoms with Crippen molar-refractivity contribution >= 4 is 23.3 Å². The van der Waals surface area contributed by atoms with Gasteiger partial charge in [-0.25, -0.2) is 4.79 Å². The van der Waals surface area contributed by atoms with Crippen molar-refractivity contribution in [3.8, 4) is 0 Å². The van der Waals surface area contributed by atoms with Crippen molar-refractivity contribution in [2.75, 3.05) is 25.1 Å². The molecule has 1 fully saturated rings. The molecule has 3 rings (SSSR count). The standard InChI is InChI=1S/C20H21N3O5/c1-28-20(25)18(14-7-3-2-4-8-14)21-19(24)15-9-10-16(17(13-15)23(26)27)22-11-5-6-12-22/h2-4,7-10,13,18H,5-6,11-12H2,1H3,(H,21,24). The Bertz CT molecular complexity index is 879. The first kappa shape index (κ1) is 19.3. The normalized spacial score (nSPS) is 14.4. The van der Waals surface area contributed by atoms with Gasteiger partial charge in [-0.05, 0) is 30.5 Å². The largest absolute Gasteiger partial charge is 0.467 e. The maximum absolute atomic E-state index is 12.7. The van der Waals surface area contributed by atoms with Gasteiger partial charge in [-0.15, -0.1) is 0 Å². The predicted octanol–water partition coefficient (Wildman–Crippen LogP) is 2.84. The number of hydrogen-bond acceptors (Lipinski definition) is 6. The number of ether oxygens (including phenoxy) is 1. The van der Waals surface area contributed by atoms with Crippen LogP contribution in [0.1, 0.15) is 34.8 Å². The second-order valence-corrected chi connectivity index (χ2v) is 6.50. The summed E-state index contributed by atoms with van der Waals surface area (Å²) in [6.45, 7) is 1.51. The molecule has 1 unspecified atom stereocenters. The minimum atomic E-state index is -1.00. The molecule has 0 radical (unpaired) electrons. The van der Waals surface area contributed by atoms with E-state index in [0.717, 1.165) is 25.9 Å². The first-order valence-corrected chi connectivity index (χ1v) is 8.98. The Labute approximate surface area is 162 Å². The maximum atomic E-state index is 12.7. The molecule has 0 aromatic heterocycles. The predicted molar refractivity (Wildman–Crippen MR) is 103 cm³/mol. The van der Waals surface area contributed by atoms with E-state index in [2.05, 4.69) is 5.32 Å². The molecule has 28 heavy (non-hydrogen) atoms. The number of carbonyl (C=O) groups is 2. The van der Waals surface area contributed by atoms with Gasteiger partial charge in [0.15, 0.2) is 6.04 Å². The third kappa shape index (κ3) is 4.11. The molecule has 8 nitrogen and oxygen atoms in total. The highest BCUT2D eigenvalue weighted by Crippen LogP contribution is 2.31. The number of carbonyl (C=O) groups excluding carboxylic acids is 2. The number of esters is 1. The first-order valence-electron chi connectivity index (χ1n) is 8.98. The van der Waals surface area contributed by atoms with E-state index in [1.807, 2.05) is 4.90 Å². The van der Waals surface area contributed by atoms with E-state index in [1.54, 1.807) is 36.4 Å².